The molecule has 90 valence electrons. The van der Waals surface area contributed by atoms with Crippen LogP contribution in [0.15, 0.2) is 12.1 Å². The third-order valence-electron chi connectivity index (χ3n) is 3.57. The molecule has 1 aromatic heterocycles. The first-order valence-electron chi connectivity index (χ1n) is 5.91. The van der Waals surface area contributed by atoms with Crippen molar-refractivity contribution in [1.82, 2.24) is 4.98 Å². The summed E-state index contributed by atoms with van der Waals surface area (Å²) in [7, 11) is 0. The summed E-state index contributed by atoms with van der Waals surface area (Å²) in [5.74, 6) is 0.957. The number of nitrogens with zero attached hydrogens (tertiary/aromatic N) is 3. The maximum atomic E-state index is 8.88. The highest BCUT2D eigenvalue weighted by atomic mass is 15.2. The van der Waals surface area contributed by atoms with Gasteiger partial charge in [0, 0.05) is 13.1 Å². The Morgan fingerprint density at radius 3 is 2.88 bits per heavy atom. The molecule has 0 amide bonds. The second-order valence-corrected chi connectivity index (χ2v) is 5.10. The molecular formula is C13H18N4. The van der Waals surface area contributed by atoms with Crippen LogP contribution in [-0.2, 0) is 0 Å². The standard InChI is InChI=1S/C13H18N4/c1-10-11(7-14)3-4-12(16-10)17-6-5-13(2,8-15)9-17/h3-4H,5-6,8-9,15H2,1-2H3. The number of anilines is 1. The maximum absolute atomic E-state index is 8.88. The number of rotatable bonds is 2. The van der Waals surface area contributed by atoms with Gasteiger partial charge in [0.25, 0.3) is 0 Å². The van der Waals surface area contributed by atoms with Crippen molar-refractivity contribution in [2.24, 2.45) is 11.1 Å². The fourth-order valence-corrected chi connectivity index (χ4v) is 2.23. The molecule has 1 aromatic rings. The van der Waals surface area contributed by atoms with Crippen LogP contribution in [0.5, 0.6) is 0 Å². The number of aromatic nitrogens is 1. The molecule has 1 aliphatic rings. The van der Waals surface area contributed by atoms with Crippen molar-refractivity contribution < 1.29 is 0 Å². The number of nitrogens with two attached hydrogens (primary N) is 1. The van der Waals surface area contributed by atoms with Crippen molar-refractivity contribution in [3.63, 3.8) is 0 Å². The molecule has 1 unspecified atom stereocenters. The molecule has 1 fully saturated rings. The summed E-state index contributed by atoms with van der Waals surface area (Å²) in [4.78, 5) is 6.74. The smallest absolute Gasteiger partial charge is 0.128 e. The van der Waals surface area contributed by atoms with Gasteiger partial charge in [-0.1, -0.05) is 6.92 Å². The summed E-state index contributed by atoms with van der Waals surface area (Å²) in [6.07, 6.45) is 1.10. The first-order chi connectivity index (χ1) is 8.08. The van der Waals surface area contributed by atoms with Crippen LogP contribution in [-0.4, -0.2) is 24.6 Å². The molecular weight excluding hydrogens is 212 g/mol. The van der Waals surface area contributed by atoms with Crippen LogP contribution in [0, 0.1) is 23.7 Å². The zero-order valence-electron chi connectivity index (χ0n) is 10.4. The van der Waals surface area contributed by atoms with Gasteiger partial charge >= 0.3 is 0 Å². The summed E-state index contributed by atoms with van der Waals surface area (Å²) in [5.41, 5.74) is 7.44. The molecule has 4 nitrogen and oxygen atoms in total. The van der Waals surface area contributed by atoms with Crippen LogP contribution in [0.2, 0.25) is 0 Å². The van der Waals surface area contributed by atoms with Crippen molar-refractivity contribution in [2.45, 2.75) is 20.3 Å². The van der Waals surface area contributed by atoms with Crippen molar-refractivity contribution in [1.29, 1.82) is 5.26 Å². The number of nitriles is 1. The van der Waals surface area contributed by atoms with Gasteiger partial charge < -0.3 is 10.6 Å². The summed E-state index contributed by atoms with van der Waals surface area (Å²) in [6, 6.07) is 5.91. The van der Waals surface area contributed by atoms with Crippen molar-refractivity contribution in [3.8, 4) is 6.07 Å². The molecule has 0 aliphatic carbocycles. The molecule has 0 bridgehead atoms. The second kappa shape index (κ2) is 4.34. The van der Waals surface area contributed by atoms with E-state index < -0.39 is 0 Å². The lowest BCUT2D eigenvalue weighted by Gasteiger charge is -2.23. The van der Waals surface area contributed by atoms with Crippen molar-refractivity contribution in [3.05, 3.63) is 23.4 Å². The van der Waals surface area contributed by atoms with Crippen LogP contribution in [0.4, 0.5) is 5.82 Å². The molecule has 0 radical (unpaired) electrons. The normalized spacial score (nSPS) is 23.8. The Labute approximate surface area is 102 Å². The molecule has 0 spiro atoms. The Hall–Kier alpha value is -1.60. The Balaban J connectivity index is 2.20. The van der Waals surface area contributed by atoms with Crippen LogP contribution in [0.1, 0.15) is 24.6 Å². The van der Waals surface area contributed by atoms with E-state index in [9.17, 15) is 0 Å². The maximum Gasteiger partial charge on any atom is 0.128 e. The third-order valence-corrected chi connectivity index (χ3v) is 3.57. The lowest BCUT2D eigenvalue weighted by Crippen LogP contribution is -2.31. The lowest BCUT2D eigenvalue weighted by molar-refractivity contribution is 0.383. The van der Waals surface area contributed by atoms with Gasteiger partial charge in [0.15, 0.2) is 0 Å². The summed E-state index contributed by atoms with van der Waals surface area (Å²) >= 11 is 0. The monoisotopic (exact) mass is 230 g/mol. The molecule has 1 saturated heterocycles. The molecule has 0 aromatic carbocycles. The van der Waals surface area contributed by atoms with Gasteiger partial charge in [-0.2, -0.15) is 5.26 Å². The molecule has 1 atom stereocenters. The predicted octanol–water partition coefficient (Wildman–Crippen LogP) is 1.44. The highest BCUT2D eigenvalue weighted by molar-refractivity contribution is 5.46. The van der Waals surface area contributed by atoms with E-state index in [0.29, 0.717) is 12.1 Å². The fraction of sp³-hybridized carbons (Fsp3) is 0.538. The minimum atomic E-state index is 0.198. The number of aryl methyl sites for hydroxylation is 1. The van der Waals surface area contributed by atoms with E-state index >= 15 is 0 Å². The van der Waals surface area contributed by atoms with Crippen molar-refractivity contribution >= 4 is 5.82 Å². The SMILES string of the molecule is Cc1nc(N2CCC(C)(CN)C2)ccc1C#N. The van der Waals surface area contributed by atoms with Gasteiger partial charge in [0.05, 0.1) is 11.3 Å². The Morgan fingerprint density at radius 2 is 2.35 bits per heavy atom. The van der Waals surface area contributed by atoms with E-state index in [1.54, 1.807) is 0 Å². The third kappa shape index (κ3) is 2.25. The average molecular weight is 230 g/mol. The van der Waals surface area contributed by atoms with Crippen LogP contribution >= 0.6 is 0 Å². The van der Waals surface area contributed by atoms with Crippen LogP contribution < -0.4 is 10.6 Å². The first kappa shape index (κ1) is 11.9. The number of hydrogen-bond acceptors (Lipinski definition) is 4. The Morgan fingerprint density at radius 1 is 1.59 bits per heavy atom. The molecule has 17 heavy (non-hydrogen) atoms. The van der Waals surface area contributed by atoms with Crippen LogP contribution in [0.3, 0.4) is 0 Å². The lowest BCUT2D eigenvalue weighted by atomic mass is 9.90. The van der Waals surface area contributed by atoms with Gasteiger partial charge in [-0.25, -0.2) is 4.98 Å². The molecule has 4 heteroatoms. The quantitative estimate of drug-likeness (QED) is 0.834. The van der Waals surface area contributed by atoms with Gasteiger partial charge in [-0.05, 0) is 37.4 Å². The molecule has 1 aliphatic heterocycles. The van der Waals surface area contributed by atoms with Crippen LogP contribution in [0.25, 0.3) is 0 Å². The minimum absolute atomic E-state index is 0.198. The highest BCUT2D eigenvalue weighted by Crippen LogP contribution is 2.31. The van der Waals surface area contributed by atoms with E-state index in [-0.39, 0.29) is 5.41 Å². The summed E-state index contributed by atoms with van der Waals surface area (Å²) in [6.45, 7) is 6.73. The second-order valence-electron chi connectivity index (χ2n) is 5.10. The first-order valence-corrected chi connectivity index (χ1v) is 5.91. The van der Waals surface area contributed by atoms with E-state index in [4.69, 9.17) is 11.0 Å². The van der Waals surface area contributed by atoms with Gasteiger partial charge in [-0.15, -0.1) is 0 Å². The van der Waals surface area contributed by atoms with Gasteiger partial charge in [-0.3, -0.25) is 0 Å². The fourth-order valence-electron chi connectivity index (χ4n) is 2.23. The van der Waals surface area contributed by atoms with E-state index in [1.165, 1.54) is 0 Å². The van der Waals surface area contributed by atoms with E-state index in [2.05, 4.69) is 22.9 Å². The van der Waals surface area contributed by atoms with E-state index in [0.717, 1.165) is 31.0 Å². The summed E-state index contributed by atoms with van der Waals surface area (Å²) in [5, 5.41) is 8.88. The van der Waals surface area contributed by atoms with E-state index in [1.807, 2.05) is 19.1 Å². The molecule has 0 saturated carbocycles. The minimum Gasteiger partial charge on any atom is -0.356 e. The van der Waals surface area contributed by atoms with Gasteiger partial charge in [0.1, 0.15) is 11.9 Å². The van der Waals surface area contributed by atoms with Crippen molar-refractivity contribution in [2.75, 3.05) is 24.5 Å². The largest absolute Gasteiger partial charge is 0.356 e. The average Bonchev–Trinajstić information content (AvgIpc) is 2.73. The number of pyridine rings is 1. The topological polar surface area (TPSA) is 65.9 Å². The predicted molar refractivity (Wildman–Crippen MR) is 67.7 cm³/mol. The zero-order chi connectivity index (χ0) is 12.5. The van der Waals surface area contributed by atoms with Gasteiger partial charge in [0.2, 0.25) is 0 Å². The zero-order valence-corrected chi connectivity index (χ0v) is 10.4. The Kier molecular flexibility index (Phi) is 3.03. The number of hydrogen-bond donors (Lipinski definition) is 1. The summed E-state index contributed by atoms with van der Waals surface area (Å²) < 4.78 is 0. The highest BCUT2D eigenvalue weighted by Gasteiger charge is 2.33. The molecule has 2 heterocycles. The molecule has 2 N–H and O–H groups in total. The molecule has 2 rings (SSSR count). The Bertz CT molecular complexity index is 463.